The molecule has 5 nitrogen and oxygen atoms in total. The van der Waals surface area contributed by atoms with Crippen molar-refractivity contribution in [2.45, 2.75) is 13.2 Å². The Kier molecular flexibility index (Phi) is 6.11. The Morgan fingerprint density at radius 1 is 1.13 bits per heavy atom. The van der Waals surface area contributed by atoms with Gasteiger partial charge in [0.2, 0.25) is 0 Å². The molecule has 30 heavy (non-hydrogen) atoms. The molecule has 0 atom stereocenters. The number of carbonyl (C=O) groups is 1. The van der Waals surface area contributed by atoms with Gasteiger partial charge >= 0.3 is 0 Å². The van der Waals surface area contributed by atoms with Gasteiger partial charge in [-0.25, -0.2) is 4.39 Å². The molecule has 2 heterocycles. The first-order valence-electron chi connectivity index (χ1n) is 9.09. The Bertz CT molecular complexity index is 1140. The van der Waals surface area contributed by atoms with Gasteiger partial charge in [-0.05, 0) is 53.4 Å². The number of hydrogen-bond donors (Lipinski definition) is 1. The van der Waals surface area contributed by atoms with Crippen molar-refractivity contribution in [3.63, 3.8) is 0 Å². The van der Waals surface area contributed by atoms with E-state index >= 15 is 0 Å². The fourth-order valence-electron chi connectivity index (χ4n) is 2.77. The number of benzene rings is 2. The fourth-order valence-corrected chi connectivity index (χ4v) is 3.71. The molecule has 4 rings (SSSR count). The van der Waals surface area contributed by atoms with Crippen LogP contribution in [0.5, 0.6) is 5.75 Å². The van der Waals surface area contributed by atoms with Crippen LogP contribution in [0.4, 0.5) is 10.1 Å². The summed E-state index contributed by atoms with van der Waals surface area (Å²) in [7, 11) is 0. The normalized spacial score (nSPS) is 10.7. The Balaban J connectivity index is 1.32. The highest BCUT2D eigenvalue weighted by Crippen LogP contribution is 2.20. The van der Waals surface area contributed by atoms with Gasteiger partial charge < -0.3 is 10.1 Å². The predicted octanol–water partition coefficient (Wildman–Crippen LogP) is 5.62. The summed E-state index contributed by atoms with van der Waals surface area (Å²) < 4.78 is 20.3. The molecule has 1 amide bonds. The molecule has 0 spiro atoms. The van der Waals surface area contributed by atoms with E-state index < -0.39 is 0 Å². The van der Waals surface area contributed by atoms with Crippen LogP contribution in [-0.2, 0) is 13.2 Å². The second-order valence-electron chi connectivity index (χ2n) is 6.57. The van der Waals surface area contributed by atoms with Crippen molar-refractivity contribution < 1.29 is 13.9 Å². The molecule has 1 N–H and O–H groups in total. The number of ether oxygens (including phenoxy) is 1. The van der Waals surface area contributed by atoms with Gasteiger partial charge in [0, 0.05) is 17.4 Å². The van der Waals surface area contributed by atoms with Crippen molar-refractivity contribution in [3.8, 4) is 5.75 Å². The number of rotatable bonds is 7. The summed E-state index contributed by atoms with van der Waals surface area (Å²) in [5.74, 6) is 0.0846. The van der Waals surface area contributed by atoms with Gasteiger partial charge in [-0.15, -0.1) is 11.3 Å². The third-order valence-corrected chi connectivity index (χ3v) is 5.43. The number of anilines is 1. The average molecular weight is 442 g/mol. The zero-order valence-corrected chi connectivity index (χ0v) is 17.3. The highest BCUT2D eigenvalue weighted by molar-refractivity contribution is 7.12. The molecule has 0 aliphatic rings. The zero-order chi connectivity index (χ0) is 20.9. The number of carbonyl (C=O) groups excluding carboxylic acids is 1. The first-order chi connectivity index (χ1) is 14.5. The van der Waals surface area contributed by atoms with Gasteiger partial charge in [-0.3, -0.25) is 9.48 Å². The third kappa shape index (κ3) is 5.25. The van der Waals surface area contributed by atoms with E-state index in [0.29, 0.717) is 34.5 Å². The minimum atomic E-state index is -0.310. The molecule has 4 aromatic rings. The van der Waals surface area contributed by atoms with E-state index in [1.807, 2.05) is 29.6 Å². The maximum atomic E-state index is 12.9. The molecular formula is C22H17ClFN3O2S. The van der Waals surface area contributed by atoms with E-state index in [4.69, 9.17) is 16.3 Å². The maximum Gasteiger partial charge on any atom is 0.265 e. The first-order valence-corrected chi connectivity index (χ1v) is 10.3. The van der Waals surface area contributed by atoms with Crippen LogP contribution in [0.25, 0.3) is 0 Å². The number of halogens is 2. The highest BCUT2D eigenvalue weighted by atomic mass is 35.5. The minimum absolute atomic E-state index is 0.181. The molecule has 0 fully saturated rings. The summed E-state index contributed by atoms with van der Waals surface area (Å²) in [6.45, 7) is 0.908. The molecule has 0 saturated carbocycles. The highest BCUT2D eigenvalue weighted by Gasteiger charge is 2.10. The standard InChI is InChI=1S/C22H17ClFN3O2S/c23-17-10-25-27(12-17)11-15-1-5-19(6-2-15)26-22(28)21-9-16(14-30-21)13-29-20-7-3-18(24)4-8-20/h1-10,12,14H,11,13H2,(H,26,28). The van der Waals surface area contributed by atoms with Crippen LogP contribution in [-0.4, -0.2) is 15.7 Å². The molecule has 8 heteroatoms. The van der Waals surface area contributed by atoms with Gasteiger partial charge in [-0.2, -0.15) is 5.10 Å². The summed E-state index contributed by atoms with van der Waals surface area (Å²) in [5, 5.41) is 9.51. The average Bonchev–Trinajstić information content (AvgIpc) is 3.38. The topological polar surface area (TPSA) is 56.2 Å². The number of nitrogens with zero attached hydrogens (tertiary/aromatic N) is 2. The van der Waals surface area contributed by atoms with E-state index in [2.05, 4.69) is 10.4 Å². The summed E-state index contributed by atoms with van der Waals surface area (Å²) in [6, 6.07) is 15.2. The van der Waals surface area contributed by atoms with Gasteiger partial charge in [0.1, 0.15) is 18.2 Å². The van der Waals surface area contributed by atoms with Crippen molar-refractivity contribution >= 4 is 34.5 Å². The van der Waals surface area contributed by atoms with Crippen molar-refractivity contribution in [2.75, 3.05) is 5.32 Å². The van der Waals surface area contributed by atoms with Crippen molar-refractivity contribution in [3.05, 3.63) is 99.2 Å². The predicted molar refractivity (Wildman–Crippen MR) is 116 cm³/mol. The van der Waals surface area contributed by atoms with Crippen molar-refractivity contribution in [2.24, 2.45) is 0 Å². The van der Waals surface area contributed by atoms with Crippen LogP contribution >= 0.6 is 22.9 Å². The molecule has 0 saturated heterocycles. The Morgan fingerprint density at radius 3 is 2.60 bits per heavy atom. The second kappa shape index (κ2) is 9.11. The SMILES string of the molecule is O=C(Nc1ccc(Cn2cc(Cl)cn2)cc1)c1cc(COc2ccc(F)cc2)cs1. The lowest BCUT2D eigenvalue weighted by molar-refractivity contribution is 0.103. The number of aromatic nitrogens is 2. The summed E-state index contributed by atoms with van der Waals surface area (Å²) in [4.78, 5) is 13.1. The Labute approximate surface area is 181 Å². The lowest BCUT2D eigenvalue weighted by Crippen LogP contribution is -2.10. The first kappa shape index (κ1) is 20.1. The molecule has 2 aromatic heterocycles. The van der Waals surface area contributed by atoms with Crippen LogP contribution in [0.15, 0.2) is 72.4 Å². The molecule has 0 radical (unpaired) electrons. The maximum absolute atomic E-state index is 12.9. The number of thiophene rings is 1. The minimum Gasteiger partial charge on any atom is -0.489 e. The molecular weight excluding hydrogens is 425 g/mol. The summed E-state index contributed by atoms with van der Waals surface area (Å²) in [5.41, 5.74) is 2.63. The van der Waals surface area contributed by atoms with Gasteiger partial charge in [0.05, 0.1) is 22.6 Å². The van der Waals surface area contributed by atoms with E-state index in [9.17, 15) is 9.18 Å². The van der Waals surface area contributed by atoms with Gasteiger partial charge in [-0.1, -0.05) is 23.7 Å². The van der Waals surface area contributed by atoms with E-state index in [0.717, 1.165) is 11.1 Å². The summed E-state index contributed by atoms with van der Waals surface area (Å²) >= 11 is 7.22. The van der Waals surface area contributed by atoms with E-state index in [-0.39, 0.29) is 11.7 Å². The van der Waals surface area contributed by atoms with E-state index in [1.165, 1.54) is 23.5 Å². The molecule has 0 bridgehead atoms. The Hall–Kier alpha value is -3.16. The number of amides is 1. The number of hydrogen-bond acceptors (Lipinski definition) is 4. The monoisotopic (exact) mass is 441 g/mol. The molecule has 152 valence electrons. The van der Waals surface area contributed by atoms with Crippen LogP contribution in [0.2, 0.25) is 5.02 Å². The molecule has 0 unspecified atom stereocenters. The lowest BCUT2D eigenvalue weighted by Gasteiger charge is -2.06. The fraction of sp³-hybridized carbons (Fsp3) is 0.0909. The van der Waals surface area contributed by atoms with Crippen LogP contribution in [0, 0.1) is 5.82 Å². The Morgan fingerprint density at radius 2 is 1.90 bits per heavy atom. The zero-order valence-electron chi connectivity index (χ0n) is 15.7. The molecule has 2 aromatic carbocycles. The number of nitrogens with one attached hydrogen (secondary N) is 1. The quantitative estimate of drug-likeness (QED) is 0.405. The second-order valence-corrected chi connectivity index (χ2v) is 7.92. The van der Waals surface area contributed by atoms with Gasteiger partial charge in [0.15, 0.2) is 0 Å². The van der Waals surface area contributed by atoms with Crippen LogP contribution in [0.3, 0.4) is 0 Å². The van der Waals surface area contributed by atoms with Crippen LogP contribution < -0.4 is 10.1 Å². The molecule has 0 aliphatic heterocycles. The molecule has 0 aliphatic carbocycles. The van der Waals surface area contributed by atoms with Crippen molar-refractivity contribution in [1.82, 2.24) is 9.78 Å². The van der Waals surface area contributed by atoms with Gasteiger partial charge in [0.25, 0.3) is 5.91 Å². The largest absolute Gasteiger partial charge is 0.489 e. The van der Waals surface area contributed by atoms with Crippen LogP contribution in [0.1, 0.15) is 20.8 Å². The lowest BCUT2D eigenvalue weighted by atomic mass is 10.2. The van der Waals surface area contributed by atoms with E-state index in [1.54, 1.807) is 35.3 Å². The smallest absolute Gasteiger partial charge is 0.265 e. The summed E-state index contributed by atoms with van der Waals surface area (Å²) in [6.07, 6.45) is 3.35. The third-order valence-electron chi connectivity index (χ3n) is 4.25. The van der Waals surface area contributed by atoms with Crippen molar-refractivity contribution in [1.29, 1.82) is 0 Å².